The number of nitrogens with zero attached hydrogens (tertiary/aromatic N) is 3. The van der Waals surface area contributed by atoms with Crippen molar-refractivity contribution in [3.05, 3.63) is 17.0 Å². The van der Waals surface area contributed by atoms with Gasteiger partial charge in [0.05, 0.1) is 5.69 Å². The Kier molecular flexibility index (Phi) is 3.26. The smallest absolute Gasteiger partial charge is 0.273 e. The van der Waals surface area contributed by atoms with Crippen molar-refractivity contribution in [2.24, 2.45) is 7.05 Å². The van der Waals surface area contributed by atoms with E-state index in [-0.39, 0.29) is 11.8 Å². The molecule has 6 nitrogen and oxygen atoms in total. The van der Waals surface area contributed by atoms with E-state index >= 15 is 0 Å². The predicted octanol–water partition coefficient (Wildman–Crippen LogP) is 0.922. The van der Waals surface area contributed by atoms with Crippen molar-refractivity contribution >= 4 is 11.8 Å². The second-order valence-electron chi connectivity index (χ2n) is 6.13. The molecule has 1 unspecified atom stereocenters. The highest BCUT2D eigenvalue weighted by molar-refractivity contribution is 6.00. The molecule has 21 heavy (non-hydrogen) atoms. The number of piperidine rings is 1. The summed E-state index contributed by atoms with van der Waals surface area (Å²) in [7, 11) is 1.79. The zero-order valence-electron chi connectivity index (χ0n) is 12.9. The van der Waals surface area contributed by atoms with Crippen molar-refractivity contribution < 1.29 is 9.59 Å². The first-order chi connectivity index (χ1) is 9.97. The van der Waals surface area contributed by atoms with Gasteiger partial charge in [-0.25, -0.2) is 0 Å². The van der Waals surface area contributed by atoms with E-state index in [1.54, 1.807) is 16.6 Å². The van der Waals surface area contributed by atoms with Crippen LogP contribution in [0, 0.1) is 13.8 Å². The molecule has 1 atom stereocenters. The SMILES string of the molecule is Cc1nn(C)c(C(=O)N2CCCC23CCCNC3=O)c1C. The van der Waals surface area contributed by atoms with Gasteiger partial charge in [-0.2, -0.15) is 5.10 Å². The lowest BCUT2D eigenvalue weighted by Crippen LogP contribution is -2.60. The van der Waals surface area contributed by atoms with Crippen molar-refractivity contribution in [3.63, 3.8) is 0 Å². The van der Waals surface area contributed by atoms with E-state index in [0.717, 1.165) is 36.9 Å². The van der Waals surface area contributed by atoms with Crippen molar-refractivity contribution in [1.29, 1.82) is 0 Å². The minimum absolute atomic E-state index is 0.0103. The Hall–Kier alpha value is -1.85. The molecule has 1 N–H and O–H groups in total. The number of carbonyl (C=O) groups is 2. The van der Waals surface area contributed by atoms with E-state index in [4.69, 9.17) is 0 Å². The summed E-state index contributed by atoms with van der Waals surface area (Å²) >= 11 is 0. The summed E-state index contributed by atoms with van der Waals surface area (Å²) in [5.41, 5.74) is 1.73. The average molecular weight is 290 g/mol. The van der Waals surface area contributed by atoms with Crippen LogP contribution in [0.2, 0.25) is 0 Å². The lowest BCUT2D eigenvalue weighted by atomic mass is 9.86. The number of nitrogens with one attached hydrogen (secondary N) is 1. The Morgan fingerprint density at radius 3 is 2.62 bits per heavy atom. The molecule has 0 radical (unpaired) electrons. The molecule has 2 aliphatic rings. The lowest BCUT2D eigenvalue weighted by molar-refractivity contribution is -0.133. The van der Waals surface area contributed by atoms with E-state index in [0.29, 0.717) is 18.8 Å². The fourth-order valence-corrected chi connectivity index (χ4v) is 3.72. The Morgan fingerprint density at radius 2 is 2.00 bits per heavy atom. The van der Waals surface area contributed by atoms with Gasteiger partial charge in [0.1, 0.15) is 11.2 Å². The first-order valence-electron chi connectivity index (χ1n) is 7.58. The van der Waals surface area contributed by atoms with Crippen LogP contribution in [-0.4, -0.2) is 45.1 Å². The van der Waals surface area contributed by atoms with Crippen LogP contribution >= 0.6 is 0 Å². The normalized spacial score (nSPS) is 25.5. The molecule has 3 rings (SSSR count). The van der Waals surface area contributed by atoms with Gasteiger partial charge in [-0.3, -0.25) is 14.3 Å². The summed E-state index contributed by atoms with van der Waals surface area (Å²) in [5.74, 6) is -0.0544. The van der Waals surface area contributed by atoms with Crippen molar-refractivity contribution in [2.45, 2.75) is 45.1 Å². The van der Waals surface area contributed by atoms with Crippen molar-refractivity contribution in [3.8, 4) is 0 Å². The van der Waals surface area contributed by atoms with Crippen molar-refractivity contribution in [1.82, 2.24) is 20.0 Å². The summed E-state index contributed by atoms with van der Waals surface area (Å²) < 4.78 is 1.64. The fourth-order valence-electron chi connectivity index (χ4n) is 3.72. The fraction of sp³-hybridized carbons (Fsp3) is 0.667. The molecule has 1 spiro atoms. The standard InChI is InChI=1S/C15H22N4O2/c1-10-11(2)17-18(3)12(10)13(20)19-9-5-7-15(19)6-4-8-16-14(15)21/h4-9H2,1-3H3,(H,16,21). The van der Waals surface area contributed by atoms with Crippen LogP contribution < -0.4 is 5.32 Å². The zero-order valence-corrected chi connectivity index (χ0v) is 12.9. The van der Waals surface area contributed by atoms with Crippen LogP contribution in [-0.2, 0) is 11.8 Å². The molecule has 0 saturated carbocycles. The highest BCUT2D eigenvalue weighted by Gasteiger charge is 2.51. The van der Waals surface area contributed by atoms with Gasteiger partial charge in [-0.15, -0.1) is 0 Å². The maximum Gasteiger partial charge on any atom is 0.273 e. The molecular weight excluding hydrogens is 268 g/mol. The topological polar surface area (TPSA) is 67.2 Å². The Balaban J connectivity index is 1.99. The first kappa shape index (κ1) is 14.1. The third-order valence-electron chi connectivity index (χ3n) is 4.93. The summed E-state index contributed by atoms with van der Waals surface area (Å²) in [6.45, 7) is 5.18. The van der Waals surface area contributed by atoms with Gasteiger partial charge in [0.15, 0.2) is 0 Å². The van der Waals surface area contributed by atoms with Crippen LogP contribution in [0.5, 0.6) is 0 Å². The third kappa shape index (κ3) is 1.96. The van der Waals surface area contributed by atoms with E-state index < -0.39 is 5.54 Å². The van der Waals surface area contributed by atoms with Crippen LogP contribution in [0.1, 0.15) is 47.4 Å². The monoisotopic (exact) mass is 290 g/mol. The number of carbonyl (C=O) groups excluding carboxylic acids is 2. The molecule has 1 aromatic rings. The average Bonchev–Trinajstić information content (AvgIpc) is 2.96. The molecule has 114 valence electrons. The number of likely N-dealkylation sites (tertiary alicyclic amines) is 1. The summed E-state index contributed by atoms with van der Waals surface area (Å²) in [6, 6.07) is 0. The number of aryl methyl sites for hydroxylation is 2. The largest absolute Gasteiger partial charge is 0.354 e. The number of aromatic nitrogens is 2. The first-order valence-corrected chi connectivity index (χ1v) is 7.58. The molecule has 0 bridgehead atoms. The zero-order chi connectivity index (χ0) is 15.2. The predicted molar refractivity (Wildman–Crippen MR) is 77.9 cm³/mol. The molecule has 2 amide bonds. The Morgan fingerprint density at radius 1 is 1.29 bits per heavy atom. The van der Waals surface area contributed by atoms with Gasteiger partial charge in [-0.05, 0) is 39.5 Å². The van der Waals surface area contributed by atoms with Crippen LogP contribution in [0.3, 0.4) is 0 Å². The molecule has 0 aliphatic carbocycles. The van der Waals surface area contributed by atoms with E-state index in [1.165, 1.54) is 0 Å². The second-order valence-corrected chi connectivity index (χ2v) is 6.13. The Labute approximate surface area is 124 Å². The number of amides is 2. The number of hydrogen-bond donors (Lipinski definition) is 1. The van der Waals surface area contributed by atoms with Crippen LogP contribution in [0.25, 0.3) is 0 Å². The lowest BCUT2D eigenvalue weighted by Gasteiger charge is -2.40. The van der Waals surface area contributed by atoms with E-state index in [2.05, 4.69) is 10.4 Å². The van der Waals surface area contributed by atoms with Gasteiger partial charge in [-0.1, -0.05) is 0 Å². The third-order valence-corrected chi connectivity index (χ3v) is 4.93. The number of hydrogen-bond acceptors (Lipinski definition) is 3. The minimum Gasteiger partial charge on any atom is -0.354 e. The van der Waals surface area contributed by atoms with Gasteiger partial charge < -0.3 is 10.2 Å². The number of rotatable bonds is 1. The van der Waals surface area contributed by atoms with E-state index in [1.807, 2.05) is 13.8 Å². The summed E-state index contributed by atoms with van der Waals surface area (Å²) in [5, 5.41) is 7.25. The van der Waals surface area contributed by atoms with Crippen molar-refractivity contribution in [2.75, 3.05) is 13.1 Å². The van der Waals surface area contributed by atoms with Crippen LogP contribution in [0.4, 0.5) is 0 Å². The Bertz CT molecular complexity index is 607. The van der Waals surface area contributed by atoms with Gasteiger partial charge in [0, 0.05) is 25.7 Å². The maximum atomic E-state index is 13.0. The minimum atomic E-state index is -0.639. The summed E-state index contributed by atoms with van der Waals surface area (Å²) in [6.07, 6.45) is 3.34. The highest BCUT2D eigenvalue weighted by atomic mass is 16.2. The second kappa shape index (κ2) is 4.86. The molecule has 2 saturated heterocycles. The molecule has 3 heterocycles. The molecule has 2 fully saturated rings. The highest BCUT2D eigenvalue weighted by Crippen LogP contribution is 2.37. The maximum absolute atomic E-state index is 13.0. The molecule has 1 aromatic heterocycles. The molecule has 0 aromatic carbocycles. The van der Waals surface area contributed by atoms with E-state index in [9.17, 15) is 9.59 Å². The molecular formula is C15H22N4O2. The summed E-state index contributed by atoms with van der Waals surface area (Å²) in [4.78, 5) is 27.2. The van der Waals surface area contributed by atoms with Crippen LogP contribution in [0.15, 0.2) is 0 Å². The van der Waals surface area contributed by atoms with Gasteiger partial charge in [0.2, 0.25) is 5.91 Å². The van der Waals surface area contributed by atoms with Gasteiger partial charge >= 0.3 is 0 Å². The molecule has 6 heteroatoms. The quantitative estimate of drug-likeness (QED) is 0.836. The molecule has 2 aliphatic heterocycles. The van der Waals surface area contributed by atoms with Gasteiger partial charge in [0.25, 0.3) is 5.91 Å².